The fourth-order valence-corrected chi connectivity index (χ4v) is 0.908. The van der Waals surface area contributed by atoms with Crippen molar-refractivity contribution in [3.63, 3.8) is 0 Å². The zero-order chi connectivity index (χ0) is 8.97. The first-order valence-electron chi connectivity index (χ1n) is 3.29. The van der Waals surface area contributed by atoms with Gasteiger partial charge in [-0.2, -0.15) is 0 Å². The number of carbonyl (C=O) groups excluding carboxylic acids is 1. The van der Waals surface area contributed by atoms with Gasteiger partial charge in [-0.15, -0.1) is 16.8 Å². The molecule has 0 amide bonds. The molecule has 5 heteroatoms. The minimum atomic E-state index is -0.196. The standard InChI is InChI=1S/C7H8N2O2S/c1-3-4-5(10)6-8-9-7(11-6)12-2/h3H,1,4H2,2H3. The van der Waals surface area contributed by atoms with Gasteiger partial charge in [-0.25, -0.2) is 0 Å². The van der Waals surface area contributed by atoms with Gasteiger partial charge in [0, 0.05) is 6.42 Å². The lowest BCUT2D eigenvalue weighted by molar-refractivity contribution is 0.0958. The van der Waals surface area contributed by atoms with Crippen molar-refractivity contribution in [2.45, 2.75) is 11.6 Å². The number of thioether (sulfide) groups is 1. The number of aromatic nitrogens is 2. The highest BCUT2D eigenvalue weighted by molar-refractivity contribution is 7.98. The van der Waals surface area contributed by atoms with Gasteiger partial charge >= 0.3 is 0 Å². The van der Waals surface area contributed by atoms with Crippen LogP contribution >= 0.6 is 11.8 Å². The Kier molecular flexibility index (Phi) is 3.04. The number of hydrogen-bond donors (Lipinski definition) is 0. The van der Waals surface area contributed by atoms with E-state index in [1.165, 1.54) is 17.8 Å². The van der Waals surface area contributed by atoms with Crippen molar-refractivity contribution < 1.29 is 9.21 Å². The number of nitrogens with zero attached hydrogens (tertiary/aromatic N) is 2. The van der Waals surface area contributed by atoms with Gasteiger partial charge in [0.05, 0.1) is 0 Å². The second-order valence-electron chi connectivity index (χ2n) is 1.99. The maximum atomic E-state index is 11.1. The summed E-state index contributed by atoms with van der Waals surface area (Å²) >= 11 is 1.31. The lowest BCUT2D eigenvalue weighted by Crippen LogP contribution is -1.96. The summed E-state index contributed by atoms with van der Waals surface area (Å²) in [5, 5.41) is 7.60. The van der Waals surface area contributed by atoms with Crippen LogP contribution in [-0.4, -0.2) is 22.2 Å². The second-order valence-corrected chi connectivity index (χ2v) is 2.75. The van der Waals surface area contributed by atoms with Gasteiger partial charge in [-0.1, -0.05) is 17.8 Å². The van der Waals surface area contributed by atoms with Crippen LogP contribution in [0.25, 0.3) is 0 Å². The predicted molar refractivity (Wildman–Crippen MR) is 45.2 cm³/mol. The van der Waals surface area contributed by atoms with Gasteiger partial charge in [-0.05, 0) is 6.26 Å². The normalized spacial score (nSPS) is 9.75. The highest BCUT2D eigenvalue weighted by Crippen LogP contribution is 2.12. The van der Waals surface area contributed by atoms with Gasteiger partial charge in [0.2, 0.25) is 5.78 Å². The third-order valence-corrected chi connectivity index (χ3v) is 1.66. The van der Waals surface area contributed by atoms with Crippen molar-refractivity contribution in [1.29, 1.82) is 0 Å². The molecular weight excluding hydrogens is 176 g/mol. The van der Waals surface area contributed by atoms with E-state index in [0.29, 0.717) is 5.22 Å². The van der Waals surface area contributed by atoms with Gasteiger partial charge < -0.3 is 4.42 Å². The number of Topliss-reactive ketones (excluding diaryl/α,β-unsaturated/α-hetero) is 1. The zero-order valence-corrected chi connectivity index (χ0v) is 7.43. The minimum absolute atomic E-state index is 0.0549. The van der Waals surface area contributed by atoms with Crippen LogP contribution in [0.3, 0.4) is 0 Å². The molecule has 0 atom stereocenters. The Morgan fingerprint density at radius 2 is 2.50 bits per heavy atom. The third kappa shape index (κ3) is 1.94. The van der Waals surface area contributed by atoms with Crippen LogP contribution in [0.4, 0.5) is 0 Å². The molecule has 1 aromatic heterocycles. The molecule has 12 heavy (non-hydrogen) atoms. The molecule has 0 saturated heterocycles. The van der Waals surface area contributed by atoms with Crippen molar-refractivity contribution in [2.75, 3.05) is 6.26 Å². The van der Waals surface area contributed by atoms with E-state index >= 15 is 0 Å². The topological polar surface area (TPSA) is 56.0 Å². The summed E-state index contributed by atoms with van der Waals surface area (Å²) in [4.78, 5) is 11.1. The number of ketones is 1. The Bertz CT molecular complexity index is 295. The maximum Gasteiger partial charge on any atom is 0.284 e. The smallest absolute Gasteiger partial charge is 0.284 e. The lowest BCUT2D eigenvalue weighted by Gasteiger charge is -1.86. The molecule has 64 valence electrons. The average molecular weight is 184 g/mol. The van der Waals surface area contributed by atoms with Crippen LogP contribution < -0.4 is 0 Å². The van der Waals surface area contributed by atoms with Crippen molar-refractivity contribution >= 4 is 17.5 Å². The fraction of sp³-hybridized carbons (Fsp3) is 0.286. The quantitative estimate of drug-likeness (QED) is 0.403. The summed E-state index contributed by atoms with van der Waals surface area (Å²) in [7, 11) is 0. The Morgan fingerprint density at radius 1 is 1.75 bits per heavy atom. The second kappa shape index (κ2) is 4.06. The lowest BCUT2D eigenvalue weighted by atomic mass is 10.3. The summed E-state index contributed by atoms with van der Waals surface area (Å²) in [5.74, 6) is -0.142. The van der Waals surface area contributed by atoms with Gasteiger partial charge in [0.25, 0.3) is 11.1 Å². The molecule has 1 aromatic rings. The van der Waals surface area contributed by atoms with E-state index in [1.807, 2.05) is 0 Å². The SMILES string of the molecule is C=CCC(=O)c1nnc(SC)o1. The Balaban J connectivity index is 2.74. The number of carbonyl (C=O) groups is 1. The molecule has 0 aliphatic heterocycles. The van der Waals surface area contributed by atoms with Gasteiger partial charge in [0.15, 0.2) is 0 Å². The summed E-state index contributed by atoms with van der Waals surface area (Å²) in [6.07, 6.45) is 3.54. The van der Waals surface area contributed by atoms with E-state index in [4.69, 9.17) is 4.42 Å². The average Bonchev–Trinajstić information content (AvgIpc) is 2.52. The molecule has 4 nitrogen and oxygen atoms in total. The van der Waals surface area contributed by atoms with E-state index < -0.39 is 0 Å². The number of rotatable bonds is 4. The Hall–Kier alpha value is -1.10. The van der Waals surface area contributed by atoms with Crippen molar-refractivity contribution in [1.82, 2.24) is 10.2 Å². The first kappa shape index (κ1) is 8.99. The molecule has 0 unspecified atom stereocenters. The molecule has 0 saturated carbocycles. The molecule has 0 bridgehead atoms. The summed E-state index contributed by atoms with van der Waals surface area (Å²) in [6, 6.07) is 0. The summed E-state index contributed by atoms with van der Waals surface area (Å²) in [5.41, 5.74) is 0. The van der Waals surface area contributed by atoms with Crippen LogP contribution in [0.15, 0.2) is 22.3 Å². The van der Waals surface area contributed by atoms with E-state index in [-0.39, 0.29) is 18.1 Å². The zero-order valence-electron chi connectivity index (χ0n) is 6.61. The monoisotopic (exact) mass is 184 g/mol. The van der Waals surface area contributed by atoms with E-state index in [0.717, 1.165) is 0 Å². The first-order valence-corrected chi connectivity index (χ1v) is 4.52. The first-order chi connectivity index (χ1) is 5.77. The van der Waals surface area contributed by atoms with Crippen molar-refractivity contribution in [2.24, 2.45) is 0 Å². The minimum Gasteiger partial charge on any atom is -0.408 e. The Labute approximate surface area is 74.1 Å². The summed E-state index contributed by atoms with van der Waals surface area (Å²) in [6.45, 7) is 3.44. The predicted octanol–water partition coefficient (Wildman–Crippen LogP) is 1.55. The van der Waals surface area contributed by atoms with Crippen LogP contribution in [0.5, 0.6) is 0 Å². The fourth-order valence-electron chi connectivity index (χ4n) is 0.623. The molecule has 0 aromatic carbocycles. The van der Waals surface area contributed by atoms with E-state index in [2.05, 4.69) is 16.8 Å². The molecular formula is C7H8N2O2S. The van der Waals surface area contributed by atoms with Crippen LogP contribution in [0.2, 0.25) is 0 Å². The van der Waals surface area contributed by atoms with E-state index in [9.17, 15) is 4.79 Å². The number of hydrogen-bond acceptors (Lipinski definition) is 5. The van der Waals surface area contributed by atoms with Gasteiger partial charge in [0.1, 0.15) is 0 Å². The molecule has 0 N–H and O–H groups in total. The van der Waals surface area contributed by atoms with Gasteiger partial charge in [-0.3, -0.25) is 4.79 Å². The molecule has 0 aliphatic carbocycles. The van der Waals surface area contributed by atoms with Crippen LogP contribution in [0.1, 0.15) is 17.1 Å². The highest BCUT2D eigenvalue weighted by atomic mass is 32.2. The molecule has 1 heterocycles. The molecule has 0 spiro atoms. The van der Waals surface area contributed by atoms with Crippen molar-refractivity contribution in [3.05, 3.63) is 18.5 Å². The third-order valence-electron chi connectivity index (χ3n) is 1.15. The van der Waals surface area contributed by atoms with Crippen LogP contribution in [-0.2, 0) is 0 Å². The van der Waals surface area contributed by atoms with Crippen molar-refractivity contribution in [3.8, 4) is 0 Å². The molecule has 0 radical (unpaired) electrons. The highest BCUT2D eigenvalue weighted by Gasteiger charge is 2.11. The Morgan fingerprint density at radius 3 is 3.00 bits per heavy atom. The van der Waals surface area contributed by atoms with E-state index in [1.54, 1.807) is 6.26 Å². The maximum absolute atomic E-state index is 11.1. The van der Waals surface area contributed by atoms with Crippen LogP contribution in [0, 0.1) is 0 Å². The molecule has 1 rings (SSSR count). The number of allylic oxidation sites excluding steroid dienone is 1. The molecule has 0 fully saturated rings. The molecule has 0 aliphatic rings. The summed E-state index contributed by atoms with van der Waals surface area (Å²) < 4.78 is 4.99. The largest absolute Gasteiger partial charge is 0.408 e.